The number of rotatable bonds is 2. The van der Waals surface area contributed by atoms with Gasteiger partial charge in [0.15, 0.2) is 5.82 Å². The summed E-state index contributed by atoms with van der Waals surface area (Å²) in [5, 5.41) is 11.5. The minimum atomic E-state index is -2.80. The molecule has 0 saturated heterocycles. The summed E-state index contributed by atoms with van der Waals surface area (Å²) in [5.41, 5.74) is 3.64. The highest BCUT2D eigenvalue weighted by Gasteiger charge is 2.73. The molecule has 2 N–H and O–H groups in total. The maximum atomic E-state index is 13.2. The van der Waals surface area contributed by atoms with E-state index in [1.54, 1.807) is 0 Å². The fourth-order valence-corrected chi connectivity index (χ4v) is 1.58. The molecule has 0 aliphatic heterocycles. The Balaban J connectivity index is 2.33. The molecule has 1 heterocycles. The molecule has 90 valence electrons. The molecule has 0 aromatic carbocycles. The Morgan fingerprint density at radius 3 is 2.31 bits per heavy atom. The molecule has 1 atom stereocenters. The summed E-state index contributed by atoms with van der Waals surface area (Å²) in [5.74, 6) is -2.75. The van der Waals surface area contributed by atoms with Gasteiger partial charge in [0.2, 0.25) is 0 Å². The van der Waals surface area contributed by atoms with Gasteiger partial charge in [0.05, 0.1) is 5.54 Å². The number of alkyl halides is 2. The van der Waals surface area contributed by atoms with Crippen molar-refractivity contribution in [1.82, 2.24) is 20.2 Å². The molecule has 0 radical (unpaired) electrons. The summed E-state index contributed by atoms with van der Waals surface area (Å²) in [6.45, 7) is 5.46. The van der Waals surface area contributed by atoms with Crippen LogP contribution >= 0.6 is 0 Å². The van der Waals surface area contributed by atoms with Gasteiger partial charge in [-0.05, 0) is 26.0 Å². The van der Waals surface area contributed by atoms with Crippen LogP contribution in [-0.2, 0) is 11.0 Å². The van der Waals surface area contributed by atoms with Gasteiger partial charge in [0.25, 0.3) is 5.92 Å². The molecular formula is C9H15F2N5. The van der Waals surface area contributed by atoms with Gasteiger partial charge in [-0.1, -0.05) is 0 Å². The van der Waals surface area contributed by atoms with Gasteiger partial charge in [-0.25, -0.2) is 8.78 Å². The molecule has 2 rings (SSSR count). The fraction of sp³-hybridized carbons (Fsp3) is 0.889. The van der Waals surface area contributed by atoms with Crippen molar-refractivity contribution in [3.63, 3.8) is 0 Å². The van der Waals surface area contributed by atoms with E-state index in [0.29, 0.717) is 0 Å². The second-order valence-corrected chi connectivity index (χ2v) is 5.24. The molecule has 1 aromatic rings. The Kier molecular flexibility index (Phi) is 2.11. The maximum absolute atomic E-state index is 13.2. The zero-order chi connectivity index (χ0) is 12.2. The summed E-state index contributed by atoms with van der Waals surface area (Å²) < 4.78 is 26.5. The molecule has 0 bridgehead atoms. The van der Waals surface area contributed by atoms with Gasteiger partial charge >= 0.3 is 0 Å². The molecule has 7 heteroatoms. The van der Waals surface area contributed by atoms with Crippen molar-refractivity contribution in [2.24, 2.45) is 5.73 Å². The van der Waals surface area contributed by atoms with Crippen molar-refractivity contribution in [2.75, 3.05) is 6.54 Å². The molecule has 0 spiro atoms. The zero-order valence-electron chi connectivity index (χ0n) is 9.54. The van der Waals surface area contributed by atoms with Crippen LogP contribution in [0.2, 0.25) is 0 Å². The highest BCUT2D eigenvalue weighted by molar-refractivity contribution is 5.28. The molecule has 1 aliphatic rings. The predicted octanol–water partition coefficient (Wildman–Crippen LogP) is 0.664. The monoisotopic (exact) mass is 231 g/mol. The summed E-state index contributed by atoms with van der Waals surface area (Å²) in [6, 6.07) is 0. The van der Waals surface area contributed by atoms with Crippen LogP contribution in [0, 0.1) is 0 Å². The first-order chi connectivity index (χ1) is 7.23. The van der Waals surface area contributed by atoms with E-state index in [4.69, 9.17) is 5.73 Å². The van der Waals surface area contributed by atoms with Crippen LogP contribution in [0.1, 0.15) is 33.0 Å². The number of aromatic nitrogens is 4. The van der Waals surface area contributed by atoms with Crippen LogP contribution in [0.4, 0.5) is 8.78 Å². The summed E-state index contributed by atoms with van der Waals surface area (Å²) in [6.07, 6.45) is -0.285. The van der Waals surface area contributed by atoms with Crippen LogP contribution in [0.15, 0.2) is 0 Å². The van der Waals surface area contributed by atoms with E-state index in [2.05, 4.69) is 15.4 Å². The van der Waals surface area contributed by atoms with E-state index in [9.17, 15) is 8.78 Å². The van der Waals surface area contributed by atoms with Gasteiger partial charge in [-0.15, -0.1) is 10.2 Å². The molecule has 0 amide bonds. The Bertz CT molecular complexity index is 408. The molecule has 1 aromatic heterocycles. The van der Waals surface area contributed by atoms with Gasteiger partial charge in [-0.2, -0.15) is 4.80 Å². The number of hydrogen-bond acceptors (Lipinski definition) is 4. The topological polar surface area (TPSA) is 69.6 Å². The van der Waals surface area contributed by atoms with Crippen LogP contribution in [0.3, 0.4) is 0 Å². The van der Waals surface area contributed by atoms with Crippen molar-refractivity contribution < 1.29 is 8.78 Å². The molecule has 1 fully saturated rings. The molecular weight excluding hydrogens is 216 g/mol. The highest BCUT2D eigenvalue weighted by atomic mass is 19.3. The van der Waals surface area contributed by atoms with E-state index in [1.807, 2.05) is 20.8 Å². The fourth-order valence-electron chi connectivity index (χ4n) is 1.58. The average molecular weight is 231 g/mol. The molecule has 16 heavy (non-hydrogen) atoms. The Morgan fingerprint density at radius 1 is 1.44 bits per heavy atom. The summed E-state index contributed by atoms with van der Waals surface area (Å²) >= 11 is 0. The first kappa shape index (κ1) is 11.4. The first-order valence-corrected chi connectivity index (χ1v) is 5.12. The number of nitrogens with zero attached hydrogens (tertiary/aromatic N) is 4. The molecule has 1 aliphatic carbocycles. The minimum Gasteiger partial charge on any atom is -0.329 e. The zero-order valence-corrected chi connectivity index (χ0v) is 9.54. The van der Waals surface area contributed by atoms with Crippen LogP contribution in [0.25, 0.3) is 0 Å². The van der Waals surface area contributed by atoms with Crippen molar-refractivity contribution in [2.45, 2.75) is 44.1 Å². The SMILES string of the molecule is CC(C)(C)n1nnc(C2(CN)CC2(F)F)n1. The quantitative estimate of drug-likeness (QED) is 0.812. The van der Waals surface area contributed by atoms with Crippen molar-refractivity contribution in [1.29, 1.82) is 0 Å². The second kappa shape index (κ2) is 2.97. The lowest BCUT2D eigenvalue weighted by Crippen LogP contribution is -2.29. The van der Waals surface area contributed by atoms with Crippen molar-refractivity contribution >= 4 is 0 Å². The first-order valence-electron chi connectivity index (χ1n) is 5.12. The number of tetrazole rings is 1. The van der Waals surface area contributed by atoms with Crippen molar-refractivity contribution in [3.8, 4) is 0 Å². The third-order valence-corrected chi connectivity index (χ3v) is 2.89. The largest absolute Gasteiger partial charge is 0.329 e. The third kappa shape index (κ3) is 1.41. The van der Waals surface area contributed by atoms with Gasteiger partial charge in [0.1, 0.15) is 5.41 Å². The number of nitrogens with two attached hydrogens (primary N) is 1. The van der Waals surface area contributed by atoms with Crippen LogP contribution in [-0.4, -0.2) is 32.7 Å². The predicted molar refractivity (Wildman–Crippen MR) is 53.1 cm³/mol. The lowest BCUT2D eigenvalue weighted by molar-refractivity contribution is 0.0872. The van der Waals surface area contributed by atoms with E-state index < -0.39 is 11.3 Å². The number of hydrogen-bond donors (Lipinski definition) is 1. The average Bonchev–Trinajstić information content (AvgIpc) is 2.59. The van der Waals surface area contributed by atoms with E-state index in [1.165, 1.54) is 4.80 Å². The molecule has 1 saturated carbocycles. The molecule has 5 nitrogen and oxygen atoms in total. The minimum absolute atomic E-state index is 0.0509. The third-order valence-electron chi connectivity index (χ3n) is 2.89. The normalized spacial score (nSPS) is 28.1. The Hall–Kier alpha value is -1.11. The Morgan fingerprint density at radius 2 is 2.00 bits per heavy atom. The van der Waals surface area contributed by atoms with Gasteiger partial charge in [0, 0.05) is 13.0 Å². The van der Waals surface area contributed by atoms with E-state index >= 15 is 0 Å². The van der Waals surface area contributed by atoms with E-state index in [-0.39, 0.29) is 24.3 Å². The standard InChI is InChI=1S/C9H15F2N5/c1-7(2,3)16-14-6(13-15-16)8(5-12)4-9(8,10)11/h4-5,12H2,1-3H3. The number of halogens is 2. The van der Waals surface area contributed by atoms with Crippen LogP contribution in [0.5, 0.6) is 0 Å². The van der Waals surface area contributed by atoms with Crippen molar-refractivity contribution in [3.05, 3.63) is 5.82 Å². The van der Waals surface area contributed by atoms with Gasteiger partial charge in [-0.3, -0.25) is 0 Å². The lowest BCUT2D eigenvalue weighted by atomic mass is 10.1. The highest BCUT2D eigenvalue weighted by Crippen LogP contribution is 2.59. The van der Waals surface area contributed by atoms with E-state index in [0.717, 1.165) is 0 Å². The maximum Gasteiger partial charge on any atom is 0.263 e. The summed E-state index contributed by atoms with van der Waals surface area (Å²) in [7, 11) is 0. The second-order valence-electron chi connectivity index (χ2n) is 5.24. The summed E-state index contributed by atoms with van der Waals surface area (Å²) in [4.78, 5) is 1.34. The lowest BCUT2D eigenvalue weighted by Gasteiger charge is -2.15. The Labute approximate surface area is 92.0 Å². The van der Waals surface area contributed by atoms with Gasteiger partial charge < -0.3 is 5.73 Å². The molecule has 1 unspecified atom stereocenters. The van der Waals surface area contributed by atoms with Crippen LogP contribution < -0.4 is 5.73 Å². The smallest absolute Gasteiger partial charge is 0.263 e.